The van der Waals surface area contributed by atoms with Gasteiger partial charge in [-0.25, -0.2) is 9.37 Å². The number of rotatable bonds is 12. The van der Waals surface area contributed by atoms with Crippen molar-refractivity contribution in [2.24, 2.45) is 11.8 Å². The van der Waals surface area contributed by atoms with E-state index in [0.29, 0.717) is 5.92 Å². The summed E-state index contributed by atoms with van der Waals surface area (Å²) in [5.41, 5.74) is 1.78. The summed E-state index contributed by atoms with van der Waals surface area (Å²) < 4.78 is 35.2. The highest BCUT2D eigenvalue weighted by atomic mass is 19.1. The minimum atomic E-state index is -0.752. The molecule has 1 aromatic carbocycles. The van der Waals surface area contributed by atoms with Crippen LogP contribution >= 0.6 is 0 Å². The average molecular weight is 530 g/mol. The third-order valence-electron chi connectivity index (χ3n) is 7.02. The molecule has 1 fully saturated rings. The Morgan fingerprint density at radius 1 is 1.13 bits per heavy atom. The fourth-order valence-corrected chi connectivity index (χ4v) is 5.15. The largest absolute Gasteiger partial charge is 0.493 e. The monoisotopic (exact) mass is 529 g/mol. The Balaban J connectivity index is 1.72. The van der Waals surface area contributed by atoms with Gasteiger partial charge in [-0.3, -0.25) is 14.4 Å². The molecule has 1 aliphatic rings. The number of pyridine rings is 1. The van der Waals surface area contributed by atoms with Gasteiger partial charge in [-0.2, -0.15) is 0 Å². The molecule has 3 atom stereocenters. The number of esters is 2. The first kappa shape index (κ1) is 29.1. The summed E-state index contributed by atoms with van der Waals surface area (Å²) in [6.07, 6.45) is 5.05. The molecule has 0 N–H and O–H groups in total. The van der Waals surface area contributed by atoms with Crippen molar-refractivity contribution in [1.29, 1.82) is 0 Å². The number of methoxy groups -OCH3 is 1. The van der Waals surface area contributed by atoms with Crippen LogP contribution in [0, 0.1) is 24.6 Å². The number of nitrogens with zero attached hydrogens (tertiary/aromatic N) is 1. The topological polar surface area (TPSA) is 101 Å². The van der Waals surface area contributed by atoms with Crippen LogP contribution in [0.25, 0.3) is 0 Å². The zero-order valence-electron chi connectivity index (χ0n) is 22.6. The van der Waals surface area contributed by atoms with E-state index in [1.807, 2.05) is 13.8 Å². The van der Waals surface area contributed by atoms with E-state index in [1.54, 1.807) is 13.0 Å². The standard InChI is InChI=1S/C29H36FNO7/c1-17-14-22(30)10-11-23(17)26(21-8-6-7-9-21)19(3)38-29(34)18(2)15-24(33)27-28(37-16-36-20(4)32)25(35-5)12-13-31-27/h10-14,18-19,21,26H,6-9,15-16H2,1-5H3/t18?,19-,26+/m1/s1. The second-order valence-corrected chi connectivity index (χ2v) is 9.83. The molecule has 38 heavy (non-hydrogen) atoms. The molecule has 1 saturated carbocycles. The molecule has 3 rings (SSSR count). The number of ether oxygens (including phenoxy) is 4. The number of halogens is 1. The molecule has 2 aromatic rings. The van der Waals surface area contributed by atoms with Crippen LogP contribution in [0.2, 0.25) is 0 Å². The van der Waals surface area contributed by atoms with Crippen LogP contribution in [0.3, 0.4) is 0 Å². The number of hydrogen-bond acceptors (Lipinski definition) is 8. The van der Waals surface area contributed by atoms with E-state index in [1.165, 1.54) is 38.4 Å². The molecular weight excluding hydrogens is 493 g/mol. The van der Waals surface area contributed by atoms with Gasteiger partial charge in [-0.05, 0) is 55.9 Å². The van der Waals surface area contributed by atoms with Crippen LogP contribution < -0.4 is 9.47 Å². The second-order valence-electron chi connectivity index (χ2n) is 9.83. The first-order valence-electron chi connectivity index (χ1n) is 12.9. The lowest BCUT2D eigenvalue weighted by atomic mass is 9.79. The zero-order chi connectivity index (χ0) is 27.8. The summed E-state index contributed by atoms with van der Waals surface area (Å²) in [4.78, 5) is 41.4. The summed E-state index contributed by atoms with van der Waals surface area (Å²) in [5.74, 6) is -1.99. The number of benzene rings is 1. The normalized spacial score (nSPS) is 15.8. The summed E-state index contributed by atoms with van der Waals surface area (Å²) in [7, 11) is 1.41. The van der Waals surface area contributed by atoms with Crippen molar-refractivity contribution >= 4 is 17.7 Å². The summed E-state index contributed by atoms with van der Waals surface area (Å²) in [5, 5.41) is 0. The first-order valence-corrected chi connectivity index (χ1v) is 12.9. The number of hydrogen-bond donors (Lipinski definition) is 0. The van der Waals surface area contributed by atoms with E-state index < -0.39 is 36.5 Å². The summed E-state index contributed by atoms with van der Waals surface area (Å²) in [6.45, 7) is 6.18. The molecule has 1 unspecified atom stereocenters. The number of Topliss-reactive ketones (excluding diaryl/α,β-unsaturated/α-hetero) is 1. The van der Waals surface area contributed by atoms with Crippen LogP contribution in [0.4, 0.5) is 4.39 Å². The Labute approximate surface area is 222 Å². The molecular formula is C29H36FNO7. The first-order chi connectivity index (χ1) is 18.1. The van der Waals surface area contributed by atoms with Crippen molar-refractivity contribution in [3.8, 4) is 11.5 Å². The van der Waals surface area contributed by atoms with Crippen molar-refractivity contribution < 1.29 is 37.7 Å². The predicted octanol–water partition coefficient (Wildman–Crippen LogP) is 5.55. The third kappa shape index (κ3) is 7.30. The SMILES string of the molecule is COc1ccnc(C(=O)CC(C)C(=O)O[C@H](C)[C@H](c2ccc(F)cc2C)C2CCCC2)c1OCOC(C)=O. The molecule has 1 aromatic heterocycles. The van der Waals surface area contributed by atoms with Crippen molar-refractivity contribution in [3.63, 3.8) is 0 Å². The average Bonchev–Trinajstić information content (AvgIpc) is 3.39. The Morgan fingerprint density at radius 2 is 1.84 bits per heavy atom. The number of carbonyl (C=O) groups excluding carboxylic acids is 3. The third-order valence-corrected chi connectivity index (χ3v) is 7.02. The maximum Gasteiger partial charge on any atom is 0.309 e. The lowest BCUT2D eigenvalue weighted by Crippen LogP contribution is -2.30. The maximum absolute atomic E-state index is 13.8. The van der Waals surface area contributed by atoms with E-state index in [-0.39, 0.29) is 35.3 Å². The van der Waals surface area contributed by atoms with Crippen molar-refractivity contribution in [1.82, 2.24) is 4.98 Å². The molecule has 1 aliphatic carbocycles. The molecule has 1 heterocycles. The van der Waals surface area contributed by atoms with Crippen LogP contribution in [0.1, 0.15) is 80.4 Å². The van der Waals surface area contributed by atoms with Crippen LogP contribution in [0.5, 0.6) is 11.5 Å². The van der Waals surface area contributed by atoms with Gasteiger partial charge in [-0.15, -0.1) is 0 Å². The summed E-state index contributed by atoms with van der Waals surface area (Å²) >= 11 is 0. The van der Waals surface area contributed by atoms with E-state index in [0.717, 1.165) is 36.8 Å². The Hall–Kier alpha value is -3.49. The Kier molecular flexibility index (Phi) is 10.2. The molecule has 0 aliphatic heterocycles. The molecule has 0 bridgehead atoms. The number of aromatic nitrogens is 1. The number of aryl methyl sites for hydroxylation is 1. The Morgan fingerprint density at radius 3 is 2.47 bits per heavy atom. The maximum atomic E-state index is 13.8. The van der Waals surface area contributed by atoms with Gasteiger partial charge < -0.3 is 18.9 Å². The van der Waals surface area contributed by atoms with E-state index in [4.69, 9.17) is 18.9 Å². The fourth-order valence-electron chi connectivity index (χ4n) is 5.15. The highest BCUT2D eigenvalue weighted by Gasteiger charge is 2.35. The Bertz CT molecular complexity index is 1150. The number of ketones is 1. The molecule has 0 radical (unpaired) electrons. The molecule has 0 saturated heterocycles. The molecule has 0 spiro atoms. The lowest BCUT2D eigenvalue weighted by Gasteiger charge is -2.31. The van der Waals surface area contributed by atoms with Crippen LogP contribution in [0.15, 0.2) is 30.5 Å². The van der Waals surface area contributed by atoms with E-state index >= 15 is 0 Å². The van der Waals surface area contributed by atoms with Crippen molar-refractivity contribution in [2.75, 3.05) is 13.9 Å². The minimum Gasteiger partial charge on any atom is -0.493 e. The highest BCUT2D eigenvalue weighted by Crippen LogP contribution is 2.41. The number of carbonyl (C=O) groups is 3. The van der Waals surface area contributed by atoms with Crippen LogP contribution in [-0.4, -0.2) is 42.7 Å². The smallest absolute Gasteiger partial charge is 0.309 e. The van der Waals surface area contributed by atoms with Gasteiger partial charge in [0.25, 0.3) is 0 Å². The lowest BCUT2D eigenvalue weighted by molar-refractivity contribution is -0.154. The quantitative estimate of drug-likeness (QED) is 0.200. The van der Waals surface area contributed by atoms with Crippen LogP contribution in [-0.2, 0) is 19.1 Å². The predicted molar refractivity (Wildman–Crippen MR) is 138 cm³/mol. The van der Waals surface area contributed by atoms with Crippen molar-refractivity contribution in [2.45, 2.75) is 71.8 Å². The van der Waals surface area contributed by atoms with E-state index in [9.17, 15) is 18.8 Å². The fraction of sp³-hybridized carbons (Fsp3) is 0.517. The van der Waals surface area contributed by atoms with Gasteiger partial charge in [0.05, 0.1) is 13.0 Å². The van der Waals surface area contributed by atoms with Gasteiger partial charge in [-0.1, -0.05) is 25.8 Å². The van der Waals surface area contributed by atoms with E-state index in [2.05, 4.69) is 4.98 Å². The molecule has 9 heteroatoms. The summed E-state index contributed by atoms with van der Waals surface area (Å²) in [6, 6.07) is 6.26. The molecule has 0 amide bonds. The van der Waals surface area contributed by atoms with Gasteiger partial charge in [0.15, 0.2) is 23.0 Å². The van der Waals surface area contributed by atoms with Gasteiger partial charge in [0.2, 0.25) is 6.79 Å². The highest BCUT2D eigenvalue weighted by molar-refractivity contribution is 5.99. The van der Waals surface area contributed by atoms with Gasteiger partial charge in [0.1, 0.15) is 11.9 Å². The minimum absolute atomic E-state index is 0.0308. The van der Waals surface area contributed by atoms with Gasteiger partial charge in [0, 0.05) is 31.5 Å². The molecule has 8 nitrogen and oxygen atoms in total. The zero-order valence-corrected chi connectivity index (χ0v) is 22.6. The van der Waals surface area contributed by atoms with Gasteiger partial charge >= 0.3 is 11.9 Å². The molecule has 206 valence electrons. The van der Waals surface area contributed by atoms with Crippen molar-refractivity contribution in [3.05, 3.63) is 53.1 Å². The second kappa shape index (κ2) is 13.3.